The molecule has 1 N–H and O–H groups in total. The summed E-state index contributed by atoms with van der Waals surface area (Å²) in [6.45, 7) is 8.74. The van der Waals surface area contributed by atoms with Crippen molar-refractivity contribution in [2.75, 3.05) is 33.2 Å². The molecule has 1 saturated carbocycles. The number of aromatic nitrogens is 3. The Morgan fingerprint density at radius 1 is 1.29 bits per heavy atom. The van der Waals surface area contributed by atoms with Gasteiger partial charge in [0.25, 0.3) is 0 Å². The van der Waals surface area contributed by atoms with Crippen LogP contribution in [-0.2, 0) is 13.1 Å². The lowest BCUT2D eigenvalue weighted by molar-refractivity contribution is 0.193. The van der Waals surface area contributed by atoms with E-state index in [0.717, 1.165) is 37.9 Å². The molecular weight excluding hydrogens is 264 g/mol. The highest BCUT2D eigenvalue weighted by molar-refractivity contribution is 4.94. The van der Waals surface area contributed by atoms with Gasteiger partial charge in [0, 0.05) is 37.9 Å². The van der Waals surface area contributed by atoms with Crippen LogP contribution in [-0.4, -0.2) is 70.1 Å². The van der Waals surface area contributed by atoms with Crippen LogP contribution in [0.4, 0.5) is 0 Å². The zero-order valence-electron chi connectivity index (χ0n) is 13.3. The Morgan fingerprint density at radius 2 is 2.14 bits per heavy atom. The zero-order valence-corrected chi connectivity index (χ0v) is 13.3. The lowest BCUT2D eigenvalue weighted by Crippen LogP contribution is -2.39. The van der Waals surface area contributed by atoms with Crippen LogP contribution in [0.25, 0.3) is 0 Å². The van der Waals surface area contributed by atoms with Crippen LogP contribution >= 0.6 is 0 Å². The molecule has 1 aliphatic heterocycles. The fourth-order valence-electron chi connectivity index (χ4n) is 3.05. The summed E-state index contributed by atoms with van der Waals surface area (Å²) in [5.74, 6) is 0. The van der Waals surface area contributed by atoms with Crippen molar-refractivity contribution in [2.45, 2.75) is 51.4 Å². The van der Waals surface area contributed by atoms with E-state index in [1.165, 1.54) is 32.4 Å². The van der Waals surface area contributed by atoms with Gasteiger partial charge in [-0.15, -0.1) is 5.10 Å². The lowest BCUT2D eigenvalue weighted by Gasteiger charge is -2.27. The molecule has 2 aliphatic rings. The third-order valence-electron chi connectivity index (χ3n) is 4.54. The van der Waals surface area contributed by atoms with Crippen LogP contribution in [0.2, 0.25) is 0 Å². The topological polar surface area (TPSA) is 49.2 Å². The van der Waals surface area contributed by atoms with Crippen LogP contribution in [0, 0.1) is 0 Å². The Labute approximate surface area is 127 Å². The molecule has 6 nitrogen and oxygen atoms in total. The Bertz CT molecular complexity index is 441. The van der Waals surface area contributed by atoms with Gasteiger partial charge in [-0.1, -0.05) is 5.21 Å². The van der Waals surface area contributed by atoms with Gasteiger partial charge in [-0.2, -0.15) is 0 Å². The summed E-state index contributed by atoms with van der Waals surface area (Å²) < 4.78 is 1.99. The molecule has 3 rings (SSSR count). The largest absolute Gasteiger partial charge is 0.308 e. The average Bonchev–Trinajstić information content (AvgIpc) is 3.20. The smallest absolute Gasteiger partial charge is 0.0964 e. The minimum Gasteiger partial charge on any atom is -0.308 e. The molecule has 21 heavy (non-hydrogen) atoms. The highest BCUT2D eigenvalue weighted by Crippen LogP contribution is 2.18. The van der Waals surface area contributed by atoms with Crippen LogP contribution in [0.15, 0.2) is 6.20 Å². The maximum absolute atomic E-state index is 4.25. The molecule has 0 radical (unpaired) electrons. The van der Waals surface area contributed by atoms with Crippen molar-refractivity contribution < 1.29 is 0 Å². The summed E-state index contributed by atoms with van der Waals surface area (Å²) >= 11 is 0. The first kappa shape index (κ1) is 14.9. The Kier molecular flexibility index (Phi) is 4.87. The van der Waals surface area contributed by atoms with Gasteiger partial charge in [0.1, 0.15) is 0 Å². The number of hydrogen-bond donors (Lipinski definition) is 1. The Balaban J connectivity index is 1.45. The highest BCUT2D eigenvalue weighted by Gasteiger charge is 2.21. The first-order valence-corrected chi connectivity index (χ1v) is 8.25. The maximum atomic E-state index is 4.25. The van der Waals surface area contributed by atoms with Crippen molar-refractivity contribution in [2.24, 2.45) is 0 Å². The predicted octanol–water partition coefficient (Wildman–Crippen LogP) is 0.556. The fraction of sp³-hybridized carbons (Fsp3) is 0.867. The van der Waals surface area contributed by atoms with Gasteiger partial charge >= 0.3 is 0 Å². The number of rotatable bonds is 6. The van der Waals surface area contributed by atoms with Crippen LogP contribution in [0.1, 0.15) is 31.9 Å². The van der Waals surface area contributed by atoms with Gasteiger partial charge in [-0.3, -0.25) is 9.58 Å². The van der Waals surface area contributed by atoms with E-state index in [4.69, 9.17) is 0 Å². The molecule has 1 aromatic heterocycles. The number of nitrogens with one attached hydrogen (secondary N) is 1. The van der Waals surface area contributed by atoms with E-state index in [1.807, 2.05) is 4.68 Å². The molecule has 1 atom stereocenters. The molecule has 1 aromatic rings. The molecular formula is C15H28N6. The van der Waals surface area contributed by atoms with E-state index in [0.29, 0.717) is 6.04 Å². The van der Waals surface area contributed by atoms with Crippen molar-refractivity contribution in [3.63, 3.8) is 0 Å². The molecule has 0 amide bonds. The van der Waals surface area contributed by atoms with Gasteiger partial charge in [-0.05, 0) is 46.3 Å². The number of hydrogen-bond acceptors (Lipinski definition) is 5. The van der Waals surface area contributed by atoms with Crippen molar-refractivity contribution in [1.82, 2.24) is 30.1 Å². The Morgan fingerprint density at radius 3 is 2.95 bits per heavy atom. The van der Waals surface area contributed by atoms with E-state index in [9.17, 15) is 0 Å². The van der Waals surface area contributed by atoms with Crippen LogP contribution < -0.4 is 5.32 Å². The molecule has 0 spiro atoms. The molecule has 0 aromatic carbocycles. The summed E-state index contributed by atoms with van der Waals surface area (Å²) in [6.07, 6.45) is 5.98. The molecule has 2 fully saturated rings. The summed E-state index contributed by atoms with van der Waals surface area (Å²) in [4.78, 5) is 5.01. The molecule has 118 valence electrons. The monoisotopic (exact) mass is 292 g/mol. The fourth-order valence-corrected chi connectivity index (χ4v) is 3.05. The molecule has 1 unspecified atom stereocenters. The van der Waals surface area contributed by atoms with E-state index < -0.39 is 0 Å². The minimum absolute atomic E-state index is 0.622. The first-order chi connectivity index (χ1) is 10.2. The zero-order chi connectivity index (χ0) is 14.7. The number of nitrogens with zero attached hydrogens (tertiary/aromatic N) is 5. The second kappa shape index (κ2) is 6.85. The standard InChI is InChI=1S/C15H28N6/c1-13-11-19(2)6-3-7-20(13)8-9-21-12-15(17-18-21)10-16-14-4-5-14/h12-14,16H,3-11H2,1-2H3. The van der Waals surface area contributed by atoms with Crippen molar-refractivity contribution >= 4 is 0 Å². The quantitative estimate of drug-likeness (QED) is 0.830. The molecule has 1 saturated heterocycles. The summed E-state index contributed by atoms with van der Waals surface area (Å²) in [7, 11) is 2.22. The molecule has 2 heterocycles. The summed E-state index contributed by atoms with van der Waals surface area (Å²) in [5, 5.41) is 12.0. The van der Waals surface area contributed by atoms with E-state index >= 15 is 0 Å². The number of likely N-dealkylation sites (N-methyl/N-ethyl adjacent to an activating group) is 1. The molecule has 0 bridgehead atoms. The average molecular weight is 292 g/mol. The van der Waals surface area contributed by atoms with E-state index in [-0.39, 0.29) is 0 Å². The third kappa shape index (κ3) is 4.49. The van der Waals surface area contributed by atoms with Gasteiger partial charge in [0.15, 0.2) is 0 Å². The molecule has 6 heteroatoms. The van der Waals surface area contributed by atoms with Crippen molar-refractivity contribution in [3.05, 3.63) is 11.9 Å². The van der Waals surface area contributed by atoms with Gasteiger partial charge in [0.05, 0.1) is 12.2 Å². The van der Waals surface area contributed by atoms with Crippen molar-refractivity contribution in [1.29, 1.82) is 0 Å². The lowest BCUT2D eigenvalue weighted by atomic mass is 10.2. The van der Waals surface area contributed by atoms with Crippen LogP contribution in [0.5, 0.6) is 0 Å². The van der Waals surface area contributed by atoms with Crippen LogP contribution in [0.3, 0.4) is 0 Å². The Hall–Kier alpha value is -0.980. The van der Waals surface area contributed by atoms with Gasteiger partial charge in [0.2, 0.25) is 0 Å². The third-order valence-corrected chi connectivity index (χ3v) is 4.54. The molecule has 1 aliphatic carbocycles. The summed E-state index contributed by atoms with van der Waals surface area (Å²) in [6, 6.07) is 1.35. The predicted molar refractivity (Wildman–Crippen MR) is 83.0 cm³/mol. The van der Waals surface area contributed by atoms with Crippen molar-refractivity contribution in [3.8, 4) is 0 Å². The highest BCUT2D eigenvalue weighted by atomic mass is 15.4. The SMILES string of the molecule is CC1CN(C)CCCN1CCn1cc(CNC2CC2)nn1. The second-order valence-corrected chi connectivity index (χ2v) is 6.63. The van der Waals surface area contributed by atoms with E-state index in [1.54, 1.807) is 0 Å². The minimum atomic E-state index is 0.622. The van der Waals surface area contributed by atoms with Gasteiger partial charge < -0.3 is 10.2 Å². The normalized spacial score (nSPS) is 25.1. The van der Waals surface area contributed by atoms with Gasteiger partial charge in [-0.25, -0.2) is 0 Å². The summed E-state index contributed by atoms with van der Waals surface area (Å²) in [5.41, 5.74) is 1.06. The van der Waals surface area contributed by atoms with E-state index in [2.05, 4.69) is 45.6 Å². The maximum Gasteiger partial charge on any atom is 0.0964 e. The second-order valence-electron chi connectivity index (χ2n) is 6.63. The first-order valence-electron chi connectivity index (χ1n) is 8.25.